The fraction of sp³-hybridized carbons (Fsp3) is 0.355. The van der Waals surface area contributed by atoms with Gasteiger partial charge in [0.25, 0.3) is 5.78 Å². The lowest BCUT2D eigenvalue weighted by atomic mass is 9.95. The zero-order chi connectivity index (χ0) is 29.7. The molecule has 1 saturated heterocycles. The second kappa shape index (κ2) is 13.0. The van der Waals surface area contributed by atoms with Gasteiger partial charge in [-0.1, -0.05) is 37.3 Å². The van der Waals surface area contributed by atoms with Gasteiger partial charge in [0.1, 0.15) is 22.1 Å². The average Bonchev–Trinajstić information content (AvgIpc) is 3.47. The summed E-state index contributed by atoms with van der Waals surface area (Å²) in [6.45, 7) is 10.5. The molecule has 1 aliphatic rings. The van der Waals surface area contributed by atoms with Crippen LogP contribution in [0.5, 0.6) is 11.5 Å². The fourth-order valence-electron chi connectivity index (χ4n) is 4.51. The molecule has 0 aliphatic carbocycles. The average molecular weight is 579 g/mol. The number of hydrogen-bond acceptors (Lipinski definition) is 9. The van der Waals surface area contributed by atoms with Gasteiger partial charge in [-0.2, -0.15) is 0 Å². The molecule has 1 aliphatic heterocycles. The third-order valence-electron chi connectivity index (χ3n) is 6.48. The maximum Gasteiger partial charge on any atom is 0.350 e. The number of anilines is 1. The minimum Gasteiger partial charge on any atom is -0.507 e. The Morgan fingerprint density at radius 3 is 2.32 bits per heavy atom. The van der Waals surface area contributed by atoms with E-state index in [1.165, 1.54) is 4.90 Å². The minimum absolute atomic E-state index is 0.0793. The summed E-state index contributed by atoms with van der Waals surface area (Å²) in [6.07, 6.45) is 1.69. The van der Waals surface area contributed by atoms with Crippen molar-refractivity contribution < 1.29 is 33.7 Å². The molecule has 1 atom stereocenters. The molecular weight excluding hydrogens is 544 g/mol. The molecule has 0 bridgehead atoms. The van der Waals surface area contributed by atoms with E-state index in [9.17, 15) is 19.5 Å². The number of aromatic nitrogens is 1. The summed E-state index contributed by atoms with van der Waals surface area (Å²) in [5.74, 6) is -1.26. The Bertz CT molecular complexity index is 1480. The van der Waals surface area contributed by atoms with E-state index in [2.05, 4.69) is 4.98 Å². The molecule has 0 radical (unpaired) electrons. The van der Waals surface area contributed by atoms with E-state index in [4.69, 9.17) is 14.2 Å². The number of benzene rings is 2. The van der Waals surface area contributed by atoms with Gasteiger partial charge >= 0.3 is 11.9 Å². The van der Waals surface area contributed by atoms with Crippen LogP contribution < -0.4 is 14.4 Å². The van der Waals surface area contributed by atoms with Crippen LogP contribution in [-0.4, -0.2) is 47.6 Å². The van der Waals surface area contributed by atoms with Crippen molar-refractivity contribution in [2.24, 2.45) is 0 Å². The lowest BCUT2D eigenvalue weighted by molar-refractivity contribution is -0.132. The van der Waals surface area contributed by atoms with E-state index in [0.29, 0.717) is 41.5 Å². The molecule has 216 valence electrons. The van der Waals surface area contributed by atoms with Gasteiger partial charge < -0.3 is 19.3 Å². The van der Waals surface area contributed by atoms with E-state index in [0.717, 1.165) is 29.7 Å². The Morgan fingerprint density at radius 2 is 1.68 bits per heavy atom. The molecule has 10 heteroatoms. The standard InChI is InChI=1S/C31H34N2O7S/c1-6-15-39-22-12-9-20(10-13-22)25-24(26(34)21-11-14-23(18(4)17-21)40-16-7-2)27(35)29(36)33(25)31-32-19(5)28(41-31)30(37)38-8-3/h9-14,17,25,34H,6-8,15-16H2,1-5H3/b26-24+. The van der Waals surface area contributed by atoms with Crippen molar-refractivity contribution in [3.8, 4) is 11.5 Å². The Hall–Kier alpha value is -4.18. The van der Waals surface area contributed by atoms with Gasteiger partial charge in [-0.15, -0.1) is 0 Å². The molecule has 9 nitrogen and oxygen atoms in total. The number of rotatable bonds is 11. The molecule has 1 unspecified atom stereocenters. The van der Waals surface area contributed by atoms with E-state index in [1.54, 1.807) is 56.3 Å². The number of esters is 1. The first-order valence-electron chi connectivity index (χ1n) is 13.6. The van der Waals surface area contributed by atoms with Crippen LogP contribution in [0.4, 0.5) is 5.13 Å². The number of aliphatic hydroxyl groups excluding tert-OH is 1. The summed E-state index contributed by atoms with van der Waals surface area (Å²) in [5.41, 5.74) is 2.02. The number of ketones is 1. The minimum atomic E-state index is -0.993. The Morgan fingerprint density at radius 1 is 1.00 bits per heavy atom. The molecule has 0 spiro atoms. The third kappa shape index (κ3) is 6.12. The molecule has 1 amide bonds. The highest BCUT2D eigenvalue weighted by molar-refractivity contribution is 7.17. The molecule has 41 heavy (non-hydrogen) atoms. The molecule has 2 aromatic carbocycles. The maximum atomic E-state index is 13.5. The molecule has 1 N–H and O–H groups in total. The number of nitrogens with zero attached hydrogens (tertiary/aromatic N) is 2. The molecular formula is C31H34N2O7S. The first-order valence-corrected chi connectivity index (χ1v) is 14.4. The van der Waals surface area contributed by atoms with E-state index in [-0.39, 0.29) is 27.9 Å². The number of amides is 1. The molecule has 1 aromatic heterocycles. The monoisotopic (exact) mass is 578 g/mol. The summed E-state index contributed by atoms with van der Waals surface area (Å²) in [4.78, 5) is 45.5. The van der Waals surface area contributed by atoms with Crippen LogP contribution in [0.2, 0.25) is 0 Å². The van der Waals surface area contributed by atoms with Crippen molar-refractivity contribution in [3.05, 3.63) is 75.3 Å². The van der Waals surface area contributed by atoms with E-state index < -0.39 is 23.7 Å². The molecule has 0 saturated carbocycles. The van der Waals surface area contributed by atoms with Gasteiger partial charge in [0, 0.05) is 5.56 Å². The summed E-state index contributed by atoms with van der Waals surface area (Å²) < 4.78 is 16.6. The van der Waals surface area contributed by atoms with Crippen molar-refractivity contribution >= 4 is 39.9 Å². The van der Waals surface area contributed by atoms with Crippen LogP contribution in [0.15, 0.2) is 48.0 Å². The maximum absolute atomic E-state index is 13.5. The second-order valence-electron chi connectivity index (χ2n) is 9.55. The van der Waals surface area contributed by atoms with Crippen molar-refractivity contribution in [1.82, 2.24) is 4.98 Å². The fourth-order valence-corrected chi connectivity index (χ4v) is 5.50. The summed E-state index contributed by atoms with van der Waals surface area (Å²) >= 11 is 0.967. The van der Waals surface area contributed by atoms with Crippen LogP contribution in [0.25, 0.3) is 5.76 Å². The third-order valence-corrected chi connectivity index (χ3v) is 7.61. The van der Waals surface area contributed by atoms with Crippen molar-refractivity contribution in [3.63, 3.8) is 0 Å². The predicted octanol–water partition coefficient (Wildman–Crippen LogP) is 6.14. The lowest BCUT2D eigenvalue weighted by Crippen LogP contribution is -2.29. The zero-order valence-electron chi connectivity index (χ0n) is 23.9. The van der Waals surface area contributed by atoms with Gasteiger partial charge in [-0.3, -0.25) is 14.5 Å². The predicted molar refractivity (Wildman–Crippen MR) is 157 cm³/mol. The molecule has 2 heterocycles. The highest BCUT2D eigenvalue weighted by Crippen LogP contribution is 2.44. The quantitative estimate of drug-likeness (QED) is 0.125. The van der Waals surface area contributed by atoms with Gasteiger partial charge in [0.05, 0.1) is 37.1 Å². The molecule has 4 rings (SSSR count). The van der Waals surface area contributed by atoms with E-state index >= 15 is 0 Å². The van der Waals surface area contributed by atoms with Gasteiger partial charge in [-0.25, -0.2) is 9.78 Å². The second-order valence-corrected chi connectivity index (χ2v) is 10.5. The number of carbonyl (C=O) groups is 3. The highest BCUT2D eigenvalue weighted by Gasteiger charge is 2.48. The van der Waals surface area contributed by atoms with Crippen LogP contribution in [-0.2, 0) is 14.3 Å². The largest absolute Gasteiger partial charge is 0.507 e. The Labute approximate surface area is 243 Å². The first kappa shape index (κ1) is 29.8. The van der Waals surface area contributed by atoms with Crippen molar-refractivity contribution in [2.45, 2.75) is 53.5 Å². The van der Waals surface area contributed by atoms with Crippen molar-refractivity contribution in [2.75, 3.05) is 24.7 Å². The number of aliphatic hydroxyl groups is 1. The Kier molecular flexibility index (Phi) is 9.44. The number of hydrogen-bond donors (Lipinski definition) is 1. The zero-order valence-corrected chi connectivity index (χ0v) is 24.7. The molecule has 1 fully saturated rings. The number of carbonyl (C=O) groups excluding carboxylic acids is 3. The van der Waals surface area contributed by atoms with Crippen LogP contribution in [0, 0.1) is 13.8 Å². The van der Waals surface area contributed by atoms with Gasteiger partial charge in [0.15, 0.2) is 5.13 Å². The van der Waals surface area contributed by atoms with Crippen LogP contribution >= 0.6 is 11.3 Å². The normalized spacial score (nSPS) is 16.2. The summed E-state index contributed by atoms with van der Waals surface area (Å²) in [6, 6.07) is 11.1. The first-order chi connectivity index (χ1) is 19.7. The summed E-state index contributed by atoms with van der Waals surface area (Å²) in [7, 11) is 0. The number of Topliss-reactive ketones (excluding diaryl/α,β-unsaturated/α-hetero) is 1. The lowest BCUT2D eigenvalue weighted by Gasteiger charge is -2.23. The van der Waals surface area contributed by atoms with Gasteiger partial charge in [-0.05, 0) is 75.1 Å². The highest BCUT2D eigenvalue weighted by atomic mass is 32.1. The van der Waals surface area contributed by atoms with E-state index in [1.807, 2.05) is 20.8 Å². The SMILES string of the molecule is CCCOc1ccc(C2/C(=C(\O)c3ccc(OCCC)c(C)c3)C(=O)C(=O)N2c2nc(C)c(C(=O)OCC)s2)cc1. The van der Waals surface area contributed by atoms with Gasteiger partial charge in [0.2, 0.25) is 0 Å². The summed E-state index contributed by atoms with van der Waals surface area (Å²) in [5, 5.41) is 11.7. The topological polar surface area (TPSA) is 115 Å². The van der Waals surface area contributed by atoms with Crippen LogP contribution in [0.1, 0.15) is 71.7 Å². The van der Waals surface area contributed by atoms with Crippen molar-refractivity contribution in [1.29, 1.82) is 0 Å². The number of aryl methyl sites for hydroxylation is 2. The Balaban J connectivity index is 1.85. The smallest absolute Gasteiger partial charge is 0.350 e. The molecule has 3 aromatic rings. The number of thiazole rings is 1. The van der Waals surface area contributed by atoms with Crippen LogP contribution in [0.3, 0.4) is 0 Å². The number of ether oxygens (including phenoxy) is 3.